The minimum absolute atomic E-state index is 0.0392. The van der Waals surface area contributed by atoms with Gasteiger partial charge in [-0.1, -0.05) is 72.8 Å². The van der Waals surface area contributed by atoms with Gasteiger partial charge in [-0.25, -0.2) is 14.3 Å². The monoisotopic (exact) mass is 535 g/mol. The lowest BCUT2D eigenvalue weighted by Crippen LogP contribution is -2.43. The van der Waals surface area contributed by atoms with E-state index in [-0.39, 0.29) is 16.7 Å². The summed E-state index contributed by atoms with van der Waals surface area (Å²) in [4.78, 5) is 17.1. The fourth-order valence-corrected chi connectivity index (χ4v) is 5.77. The van der Waals surface area contributed by atoms with Crippen molar-refractivity contribution < 1.29 is 9.90 Å². The topological polar surface area (TPSA) is 117 Å². The van der Waals surface area contributed by atoms with Gasteiger partial charge in [-0.2, -0.15) is 10.4 Å². The van der Waals surface area contributed by atoms with Crippen molar-refractivity contribution in [3.63, 3.8) is 0 Å². The summed E-state index contributed by atoms with van der Waals surface area (Å²) in [5, 5.41) is 24.8. The predicted molar refractivity (Wildman–Crippen MR) is 158 cm³/mol. The third-order valence-electron chi connectivity index (χ3n) is 8.17. The number of aromatic nitrogens is 3. The van der Waals surface area contributed by atoms with Gasteiger partial charge < -0.3 is 10.8 Å². The van der Waals surface area contributed by atoms with Crippen LogP contribution in [-0.2, 0) is 5.54 Å². The molecule has 0 saturated heterocycles. The van der Waals surface area contributed by atoms with E-state index in [1.54, 1.807) is 22.7 Å². The third kappa shape index (κ3) is 4.05. The highest BCUT2D eigenvalue weighted by atomic mass is 16.4. The van der Waals surface area contributed by atoms with Crippen molar-refractivity contribution in [2.75, 3.05) is 0 Å². The van der Waals surface area contributed by atoms with E-state index in [2.05, 4.69) is 36.4 Å². The minimum Gasteiger partial charge on any atom is -0.478 e. The van der Waals surface area contributed by atoms with E-state index in [1.165, 1.54) is 0 Å². The van der Waals surface area contributed by atoms with Gasteiger partial charge in [0, 0.05) is 22.9 Å². The average molecular weight is 536 g/mol. The first kappa shape index (κ1) is 24.7. The van der Waals surface area contributed by atoms with Crippen LogP contribution in [-0.4, -0.2) is 25.7 Å². The van der Waals surface area contributed by atoms with E-state index >= 15 is 0 Å². The molecule has 1 fully saturated rings. The first-order valence-electron chi connectivity index (χ1n) is 13.5. The molecule has 7 rings (SSSR count). The number of carboxylic acids is 1. The highest BCUT2D eigenvalue weighted by Crippen LogP contribution is 2.40. The van der Waals surface area contributed by atoms with Crippen molar-refractivity contribution in [2.45, 2.75) is 24.8 Å². The summed E-state index contributed by atoms with van der Waals surface area (Å²) in [5.74, 6) is -1.15. The molecule has 0 bridgehead atoms. The maximum atomic E-state index is 11.9. The lowest BCUT2D eigenvalue weighted by molar-refractivity contribution is 0.0696. The molecule has 1 saturated carbocycles. The van der Waals surface area contributed by atoms with Gasteiger partial charge >= 0.3 is 5.97 Å². The summed E-state index contributed by atoms with van der Waals surface area (Å²) in [5.41, 5.74) is 14.2. The van der Waals surface area contributed by atoms with Crippen LogP contribution in [0.5, 0.6) is 0 Å². The second-order valence-electron chi connectivity index (χ2n) is 10.6. The molecule has 0 unspecified atom stereocenters. The van der Waals surface area contributed by atoms with Crippen LogP contribution in [0.3, 0.4) is 0 Å². The Hall–Kier alpha value is -5.32. The number of carbonyl (C=O) groups is 1. The summed E-state index contributed by atoms with van der Waals surface area (Å²) >= 11 is 0. The molecule has 7 nitrogen and oxygen atoms in total. The fraction of sp³-hybridized carbons (Fsp3) is 0.118. The van der Waals surface area contributed by atoms with Crippen LogP contribution < -0.4 is 5.73 Å². The number of hydrogen-bond donors (Lipinski definition) is 2. The van der Waals surface area contributed by atoms with Crippen molar-refractivity contribution in [3.8, 4) is 39.6 Å². The van der Waals surface area contributed by atoms with Gasteiger partial charge in [-0.3, -0.25) is 0 Å². The van der Waals surface area contributed by atoms with Crippen LogP contribution >= 0.6 is 0 Å². The Morgan fingerprint density at radius 2 is 1.66 bits per heavy atom. The van der Waals surface area contributed by atoms with Crippen molar-refractivity contribution in [1.82, 2.24) is 14.6 Å². The third-order valence-corrected chi connectivity index (χ3v) is 8.17. The van der Waals surface area contributed by atoms with Crippen LogP contribution in [0.15, 0.2) is 97.2 Å². The zero-order valence-electron chi connectivity index (χ0n) is 22.1. The number of nitriles is 1. The molecule has 198 valence electrons. The smallest absolute Gasteiger partial charge is 0.337 e. The van der Waals surface area contributed by atoms with Gasteiger partial charge in [0.25, 0.3) is 0 Å². The van der Waals surface area contributed by atoms with E-state index in [9.17, 15) is 15.2 Å². The van der Waals surface area contributed by atoms with Crippen LogP contribution in [0, 0.1) is 11.3 Å². The van der Waals surface area contributed by atoms with Gasteiger partial charge in [0.1, 0.15) is 6.07 Å². The normalized spacial score (nSPS) is 14.0. The highest BCUT2D eigenvalue weighted by molar-refractivity contribution is 6.05. The van der Waals surface area contributed by atoms with Crippen molar-refractivity contribution in [1.29, 1.82) is 5.26 Å². The Morgan fingerprint density at radius 3 is 2.34 bits per heavy atom. The van der Waals surface area contributed by atoms with Crippen LogP contribution in [0.2, 0.25) is 0 Å². The number of hydrogen-bond acceptors (Lipinski definition) is 5. The minimum atomic E-state index is -1.15. The molecular weight excluding hydrogens is 510 g/mol. The van der Waals surface area contributed by atoms with E-state index in [4.69, 9.17) is 15.8 Å². The molecule has 0 spiro atoms. The number of benzene rings is 4. The molecule has 0 amide bonds. The van der Waals surface area contributed by atoms with Crippen LogP contribution in [0.4, 0.5) is 0 Å². The van der Waals surface area contributed by atoms with E-state index in [0.29, 0.717) is 11.2 Å². The van der Waals surface area contributed by atoms with Gasteiger partial charge in [-0.15, -0.1) is 0 Å². The number of fused-ring (bicyclic) bond motifs is 3. The van der Waals surface area contributed by atoms with Gasteiger partial charge in [0.15, 0.2) is 5.65 Å². The number of nitrogens with zero attached hydrogens (tertiary/aromatic N) is 4. The molecule has 2 aromatic heterocycles. The average Bonchev–Trinajstić information content (AvgIpc) is 3.37. The number of carboxylic acid groups (broad SMARTS) is 1. The Labute approximate surface area is 236 Å². The molecule has 7 heteroatoms. The molecule has 0 atom stereocenters. The number of aromatic carboxylic acids is 1. The van der Waals surface area contributed by atoms with Gasteiger partial charge in [-0.05, 0) is 59.7 Å². The molecular formula is C34H25N5O2. The fourth-order valence-electron chi connectivity index (χ4n) is 5.77. The molecule has 2 heterocycles. The summed E-state index contributed by atoms with van der Waals surface area (Å²) in [7, 11) is 0. The maximum absolute atomic E-state index is 11.9. The second kappa shape index (κ2) is 9.40. The SMILES string of the molecule is N#Cc1ccc(-c2cccc3nn4cc(-c5ccccc5)c(-c5ccc(C6(N)CCC6)cc5)nc4c23)cc1C(=O)O. The molecule has 0 radical (unpaired) electrons. The first-order chi connectivity index (χ1) is 19.9. The largest absolute Gasteiger partial charge is 0.478 e. The second-order valence-corrected chi connectivity index (χ2v) is 10.6. The van der Waals surface area contributed by atoms with E-state index in [0.717, 1.165) is 63.7 Å². The molecule has 3 N–H and O–H groups in total. The van der Waals surface area contributed by atoms with E-state index < -0.39 is 5.97 Å². The quantitative estimate of drug-likeness (QED) is 0.251. The molecule has 41 heavy (non-hydrogen) atoms. The number of rotatable bonds is 5. The molecule has 0 aliphatic heterocycles. The van der Waals surface area contributed by atoms with Gasteiger partial charge in [0.2, 0.25) is 0 Å². The van der Waals surface area contributed by atoms with Crippen LogP contribution in [0.25, 0.3) is 50.1 Å². The summed E-state index contributed by atoms with van der Waals surface area (Å²) < 4.78 is 1.79. The highest BCUT2D eigenvalue weighted by Gasteiger charge is 2.34. The zero-order valence-corrected chi connectivity index (χ0v) is 22.1. The Bertz CT molecular complexity index is 2020. The van der Waals surface area contributed by atoms with Crippen molar-refractivity contribution in [3.05, 3.63) is 114 Å². The summed E-state index contributed by atoms with van der Waals surface area (Å²) in [6.07, 6.45) is 5.14. The van der Waals surface area contributed by atoms with Crippen molar-refractivity contribution in [2.24, 2.45) is 5.73 Å². The van der Waals surface area contributed by atoms with Gasteiger partial charge in [0.05, 0.1) is 27.7 Å². The summed E-state index contributed by atoms with van der Waals surface area (Å²) in [6.45, 7) is 0. The standard InChI is InChI=1S/C34H25N5O2/c35-19-24-11-10-23(18-27(24)33(40)41)26-8-4-9-29-30(26)32-37-31(22-12-14-25(15-13-22)34(36)16-5-17-34)28(20-39(32)38-29)21-6-2-1-3-7-21/h1-4,6-15,18,20H,5,16-17,36H2,(H,40,41). The number of nitrogens with two attached hydrogens (primary N) is 1. The summed E-state index contributed by atoms with van der Waals surface area (Å²) in [6, 6.07) is 31.1. The van der Waals surface area contributed by atoms with Crippen molar-refractivity contribution >= 4 is 22.5 Å². The molecule has 6 aromatic rings. The van der Waals surface area contributed by atoms with E-state index in [1.807, 2.05) is 48.7 Å². The Balaban J connectivity index is 1.47. The lowest BCUT2D eigenvalue weighted by atomic mass is 9.72. The Morgan fingerprint density at radius 1 is 0.902 bits per heavy atom. The zero-order chi connectivity index (χ0) is 28.1. The lowest BCUT2D eigenvalue weighted by Gasteiger charge is -2.38. The van der Waals surface area contributed by atoms with Crippen LogP contribution in [0.1, 0.15) is 40.7 Å². The predicted octanol–water partition coefficient (Wildman–Crippen LogP) is 6.79. The molecule has 1 aliphatic carbocycles. The Kier molecular flexibility index (Phi) is 5.67. The first-order valence-corrected chi connectivity index (χ1v) is 13.5. The molecule has 1 aliphatic rings. The molecule has 4 aromatic carbocycles. The maximum Gasteiger partial charge on any atom is 0.337 e.